The van der Waals surface area contributed by atoms with Gasteiger partial charge in [-0.15, -0.1) is 0 Å². The topological polar surface area (TPSA) is 61.0 Å². The number of nitrogens with zero attached hydrogens (tertiary/aromatic N) is 3. The van der Waals surface area contributed by atoms with Gasteiger partial charge >= 0.3 is 5.82 Å². The van der Waals surface area contributed by atoms with E-state index in [2.05, 4.69) is 17.6 Å². The summed E-state index contributed by atoms with van der Waals surface area (Å²) in [6, 6.07) is 0. The number of aromatic nitrogens is 2. The highest BCUT2D eigenvalue weighted by Crippen LogP contribution is 2.12. The average molecular weight is 173 g/mol. The van der Waals surface area contributed by atoms with Crippen molar-refractivity contribution in [2.45, 2.75) is 5.75 Å². The van der Waals surface area contributed by atoms with Gasteiger partial charge in [-0.05, 0) is 4.92 Å². The van der Waals surface area contributed by atoms with Crippen LogP contribution in [0.5, 0.6) is 0 Å². The molecule has 6 heteroatoms. The van der Waals surface area contributed by atoms with Gasteiger partial charge in [-0.2, -0.15) is 12.6 Å². The molecule has 0 aliphatic carbocycles. The summed E-state index contributed by atoms with van der Waals surface area (Å²) in [7, 11) is 1.59. The summed E-state index contributed by atoms with van der Waals surface area (Å²) in [6.07, 6.45) is 1.23. The number of rotatable bonds is 2. The van der Waals surface area contributed by atoms with Crippen molar-refractivity contribution < 1.29 is 4.92 Å². The quantitative estimate of drug-likeness (QED) is 0.408. The van der Waals surface area contributed by atoms with Crippen molar-refractivity contribution in [3.8, 4) is 0 Å². The van der Waals surface area contributed by atoms with Gasteiger partial charge in [0.05, 0.1) is 12.8 Å². The lowest BCUT2D eigenvalue weighted by atomic mass is 10.7. The van der Waals surface area contributed by atoms with Crippen LogP contribution in [0.4, 0.5) is 5.82 Å². The highest BCUT2D eigenvalue weighted by Gasteiger charge is 2.14. The average Bonchev–Trinajstić information content (AvgIpc) is 2.30. The summed E-state index contributed by atoms with van der Waals surface area (Å²) >= 11 is 3.96. The minimum absolute atomic E-state index is 0.00551. The van der Waals surface area contributed by atoms with Gasteiger partial charge in [0.15, 0.2) is 0 Å². The first-order valence-electron chi connectivity index (χ1n) is 2.92. The van der Waals surface area contributed by atoms with Crippen LogP contribution >= 0.6 is 12.6 Å². The summed E-state index contributed by atoms with van der Waals surface area (Å²) < 4.78 is 1.41. The Hall–Kier alpha value is -1.04. The van der Waals surface area contributed by atoms with Crippen molar-refractivity contribution >= 4 is 18.4 Å². The molecule has 1 aromatic rings. The van der Waals surface area contributed by atoms with Gasteiger partial charge in [0.25, 0.3) is 0 Å². The second kappa shape index (κ2) is 2.91. The number of nitro groups is 1. The van der Waals surface area contributed by atoms with E-state index < -0.39 is 4.92 Å². The summed E-state index contributed by atoms with van der Waals surface area (Å²) in [5.41, 5.74) is 0. The molecule has 0 radical (unpaired) electrons. The first-order valence-corrected chi connectivity index (χ1v) is 3.56. The molecule has 0 amide bonds. The van der Waals surface area contributed by atoms with Crippen LogP contribution in [0.2, 0.25) is 0 Å². The summed E-state index contributed by atoms with van der Waals surface area (Å²) in [6.45, 7) is 0. The van der Waals surface area contributed by atoms with Crippen molar-refractivity contribution in [1.29, 1.82) is 0 Å². The molecule has 1 heterocycles. The Balaban J connectivity index is 3.10. The minimum atomic E-state index is -0.472. The summed E-state index contributed by atoms with van der Waals surface area (Å²) in [5.74, 6) is 0.999. The third-order valence-corrected chi connectivity index (χ3v) is 1.67. The second-order valence-corrected chi connectivity index (χ2v) is 2.32. The van der Waals surface area contributed by atoms with Crippen LogP contribution in [0.15, 0.2) is 6.20 Å². The zero-order valence-electron chi connectivity index (χ0n) is 5.89. The Morgan fingerprint density at radius 2 is 2.55 bits per heavy atom. The molecule has 11 heavy (non-hydrogen) atoms. The molecule has 0 saturated heterocycles. The predicted octanol–water partition coefficient (Wildman–Crippen LogP) is 0.758. The molecule has 0 aliphatic heterocycles. The predicted molar refractivity (Wildman–Crippen MR) is 42.6 cm³/mol. The van der Waals surface area contributed by atoms with Crippen LogP contribution in [0, 0.1) is 10.1 Å². The molecule has 0 spiro atoms. The molecule has 0 saturated carbocycles. The van der Waals surface area contributed by atoms with Crippen LogP contribution in [0.3, 0.4) is 0 Å². The Kier molecular flexibility index (Phi) is 2.13. The largest absolute Gasteiger partial charge is 0.358 e. The molecule has 1 aromatic heterocycles. The van der Waals surface area contributed by atoms with Crippen LogP contribution in [-0.2, 0) is 12.8 Å². The Labute approximate surface area is 68.6 Å². The SMILES string of the molecule is Cn1c([N+](=O)[O-])cnc1CS. The Bertz CT molecular complexity index is 283. The van der Waals surface area contributed by atoms with Gasteiger partial charge in [-0.25, -0.2) is 9.55 Å². The van der Waals surface area contributed by atoms with Gasteiger partial charge < -0.3 is 10.1 Å². The molecule has 0 aromatic carbocycles. The second-order valence-electron chi connectivity index (χ2n) is 2.01. The molecular formula is C5H7N3O2S. The molecular weight excluding hydrogens is 166 g/mol. The van der Waals surface area contributed by atoms with E-state index in [9.17, 15) is 10.1 Å². The van der Waals surface area contributed by atoms with E-state index >= 15 is 0 Å². The maximum Gasteiger partial charge on any atom is 0.342 e. The summed E-state index contributed by atoms with van der Waals surface area (Å²) in [4.78, 5) is 13.6. The number of imidazole rings is 1. The van der Waals surface area contributed by atoms with Gasteiger partial charge in [0.2, 0.25) is 5.82 Å². The first kappa shape index (κ1) is 8.06. The van der Waals surface area contributed by atoms with E-state index in [0.29, 0.717) is 11.6 Å². The highest BCUT2D eigenvalue weighted by atomic mass is 32.1. The van der Waals surface area contributed by atoms with Crippen molar-refractivity contribution in [2.75, 3.05) is 0 Å². The maximum atomic E-state index is 10.3. The van der Waals surface area contributed by atoms with Crippen LogP contribution in [-0.4, -0.2) is 14.5 Å². The van der Waals surface area contributed by atoms with E-state index in [1.807, 2.05) is 0 Å². The zero-order chi connectivity index (χ0) is 8.43. The van der Waals surface area contributed by atoms with Crippen molar-refractivity contribution in [3.05, 3.63) is 22.1 Å². The monoisotopic (exact) mass is 173 g/mol. The fourth-order valence-corrected chi connectivity index (χ4v) is 1.05. The number of thiol groups is 1. The fraction of sp³-hybridized carbons (Fsp3) is 0.400. The smallest absolute Gasteiger partial charge is 0.342 e. The molecule has 5 nitrogen and oxygen atoms in total. The summed E-state index contributed by atoms with van der Waals surface area (Å²) in [5, 5.41) is 10.3. The van der Waals surface area contributed by atoms with E-state index in [0.717, 1.165) is 0 Å². The standard InChI is InChI=1S/C5H7N3O2S/c1-7-4(3-11)6-2-5(7)8(9)10/h2,11H,3H2,1H3. The Morgan fingerprint density at radius 1 is 1.91 bits per heavy atom. The molecule has 0 unspecified atom stereocenters. The van der Waals surface area contributed by atoms with Crippen molar-refractivity contribution in [2.24, 2.45) is 7.05 Å². The zero-order valence-corrected chi connectivity index (χ0v) is 6.78. The van der Waals surface area contributed by atoms with E-state index in [1.165, 1.54) is 10.8 Å². The van der Waals surface area contributed by atoms with Gasteiger partial charge in [0, 0.05) is 0 Å². The van der Waals surface area contributed by atoms with Gasteiger partial charge in [-0.1, -0.05) is 0 Å². The molecule has 0 aliphatic rings. The van der Waals surface area contributed by atoms with E-state index in [-0.39, 0.29) is 5.82 Å². The normalized spacial score (nSPS) is 10.0. The van der Waals surface area contributed by atoms with Crippen molar-refractivity contribution in [1.82, 2.24) is 9.55 Å². The third kappa shape index (κ3) is 1.35. The first-order chi connectivity index (χ1) is 5.16. The Morgan fingerprint density at radius 3 is 2.82 bits per heavy atom. The van der Waals surface area contributed by atoms with Crippen LogP contribution in [0.1, 0.15) is 5.82 Å². The minimum Gasteiger partial charge on any atom is -0.358 e. The molecule has 0 atom stereocenters. The third-order valence-electron chi connectivity index (χ3n) is 1.39. The lowest BCUT2D eigenvalue weighted by Crippen LogP contribution is -1.99. The fourth-order valence-electron chi connectivity index (χ4n) is 0.754. The van der Waals surface area contributed by atoms with Gasteiger partial charge in [0.1, 0.15) is 6.20 Å². The van der Waals surface area contributed by atoms with E-state index in [1.54, 1.807) is 7.05 Å². The molecule has 1 rings (SSSR count). The van der Waals surface area contributed by atoms with Crippen LogP contribution < -0.4 is 0 Å². The number of hydrogen-bond donors (Lipinski definition) is 1. The maximum absolute atomic E-state index is 10.3. The molecule has 60 valence electrons. The molecule has 0 bridgehead atoms. The van der Waals surface area contributed by atoms with Crippen LogP contribution in [0.25, 0.3) is 0 Å². The lowest BCUT2D eigenvalue weighted by molar-refractivity contribution is -0.391. The number of hydrogen-bond acceptors (Lipinski definition) is 4. The highest BCUT2D eigenvalue weighted by molar-refractivity contribution is 7.79. The van der Waals surface area contributed by atoms with Gasteiger partial charge in [-0.3, -0.25) is 0 Å². The van der Waals surface area contributed by atoms with Crippen molar-refractivity contribution in [3.63, 3.8) is 0 Å². The lowest BCUT2D eigenvalue weighted by Gasteiger charge is -1.93. The van der Waals surface area contributed by atoms with E-state index in [4.69, 9.17) is 0 Å². The molecule has 0 fully saturated rings. The molecule has 0 N–H and O–H groups in total.